The van der Waals surface area contributed by atoms with Crippen LogP contribution < -0.4 is 5.32 Å². The number of aromatic amines is 1. The summed E-state index contributed by atoms with van der Waals surface area (Å²) in [7, 11) is 1.88. The third-order valence-corrected chi connectivity index (χ3v) is 4.87. The summed E-state index contributed by atoms with van der Waals surface area (Å²) in [5.74, 6) is 1.04. The van der Waals surface area contributed by atoms with Crippen LogP contribution in [0.5, 0.6) is 0 Å². The summed E-state index contributed by atoms with van der Waals surface area (Å²) in [6.45, 7) is 9.90. The SMILES string of the molecule is CN=C(NCCc1c(C)[nH]c2ccccc12)N1CCC(C)(C)C1.I. The molecule has 1 aromatic carbocycles. The van der Waals surface area contributed by atoms with E-state index in [4.69, 9.17) is 0 Å². The summed E-state index contributed by atoms with van der Waals surface area (Å²) in [4.78, 5) is 10.3. The van der Waals surface area contributed by atoms with Crippen LogP contribution in [0.2, 0.25) is 0 Å². The fourth-order valence-electron chi connectivity index (χ4n) is 3.58. The van der Waals surface area contributed by atoms with Gasteiger partial charge in [-0.25, -0.2) is 0 Å². The number of fused-ring (bicyclic) bond motifs is 1. The topological polar surface area (TPSA) is 43.4 Å². The van der Waals surface area contributed by atoms with E-state index < -0.39 is 0 Å². The Labute approximate surface area is 162 Å². The standard InChI is InChI=1S/C19H28N4.HI/c1-14-15(16-7-5-6-8-17(16)22-14)9-11-21-18(20-4)23-12-10-19(2,3)13-23;/h5-8,22H,9-13H2,1-4H3,(H,20,21);1H. The molecule has 2 N–H and O–H groups in total. The molecule has 5 heteroatoms. The van der Waals surface area contributed by atoms with Crippen molar-refractivity contribution in [3.8, 4) is 0 Å². The van der Waals surface area contributed by atoms with Crippen LogP contribution in [-0.2, 0) is 6.42 Å². The molecule has 1 saturated heterocycles. The van der Waals surface area contributed by atoms with Crippen LogP contribution in [0.3, 0.4) is 0 Å². The summed E-state index contributed by atoms with van der Waals surface area (Å²) in [6, 6.07) is 8.53. The largest absolute Gasteiger partial charge is 0.358 e. The molecule has 0 aliphatic carbocycles. The number of likely N-dealkylation sites (tertiary alicyclic amines) is 1. The van der Waals surface area contributed by atoms with Gasteiger partial charge in [0.15, 0.2) is 5.96 Å². The molecule has 2 heterocycles. The molecule has 1 fully saturated rings. The van der Waals surface area contributed by atoms with Gasteiger partial charge in [-0.15, -0.1) is 24.0 Å². The minimum atomic E-state index is 0. The van der Waals surface area contributed by atoms with Crippen LogP contribution in [0.25, 0.3) is 10.9 Å². The van der Waals surface area contributed by atoms with Crippen LogP contribution >= 0.6 is 24.0 Å². The molecule has 4 nitrogen and oxygen atoms in total. The minimum absolute atomic E-state index is 0. The Morgan fingerprint density at radius 2 is 2.08 bits per heavy atom. The molecular formula is C19H29IN4. The second-order valence-electron chi connectivity index (χ2n) is 7.33. The van der Waals surface area contributed by atoms with E-state index in [9.17, 15) is 0 Å². The average molecular weight is 440 g/mol. The molecular weight excluding hydrogens is 411 g/mol. The lowest BCUT2D eigenvalue weighted by molar-refractivity contribution is 0.370. The summed E-state index contributed by atoms with van der Waals surface area (Å²) in [6.07, 6.45) is 2.24. The molecule has 0 radical (unpaired) electrons. The van der Waals surface area contributed by atoms with Gasteiger partial charge in [0.05, 0.1) is 0 Å². The minimum Gasteiger partial charge on any atom is -0.358 e. The maximum atomic E-state index is 4.46. The van der Waals surface area contributed by atoms with Crippen molar-refractivity contribution in [1.82, 2.24) is 15.2 Å². The van der Waals surface area contributed by atoms with Crippen molar-refractivity contribution in [1.29, 1.82) is 0 Å². The molecule has 0 amide bonds. The predicted molar refractivity (Wildman–Crippen MR) is 113 cm³/mol. The molecule has 1 aromatic heterocycles. The average Bonchev–Trinajstić information content (AvgIpc) is 3.03. The third kappa shape index (κ3) is 4.05. The lowest BCUT2D eigenvalue weighted by atomic mass is 9.93. The fraction of sp³-hybridized carbons (Fsp3) is 0.526. The lowest BCUT2D eigenvalue weighted by Gasteiger charge is -2.23. The molecule has 1 aliphatic heterocycles. The number of nitrogens with one attached hydrogen (secondary N) is 2. The fourth-order valence-corrected chi connectivity index (χ4v) is 3.58. The van der Waals surface area contributed by atoms with Gasteiger partial charge in [-0.2, -0.15) is 0 Å². The first-order chi connectivity index (χ1) is 11.0. The number of benzene rings is 1. The predicted octanol–water partition coefficient (Wildman–Crippen LogP) is 3.94. The zero-order valence-corrected chi connectivity index (χ0v) is 17.5. The Bertz CT molecular complexity index is 717. The van der Waals surface area contributed by atoms with Gasteiger partial charge in [-0.1, -0.05) is 32.0 Å². The van der Waals surface area contributed by atoms with Crippen molar-refractivity contribution in [2.45, 2.75) is 33.6 Å². The maximum absolute atomic E-state index is 4.46. The number of nitrogens with zero attached hydrogens (tertiary/aromatic N) is 2. The number of aryl methyl sites for hydroxylation is 1. The van der Waals surface area contributed by atoms with Crippen LogP contribution in [0.4, 0.5) is 0 Å². The monoisotopic (exact) mass is 440 g/mol. The van der Waals surface area contributed by atoms with Crippen molar-refractivity contribution in [3.63, 3.8) is 0 Å². The van der Waals surface area contributed by atoms with E-state index in [1.165, 1.54) is 28.6 Å². The van der Waals surface area contributed by atoms with Crippen molar-refractivity contribution < 1.29 is 0 Å². The molecule has 0 atom stereocenters. The summed E-state index contributed by atoms with van der Waals surface area (Å²) in [5.41, 5.74) is 4.30. The summed E-state index contributed by atoms with van der Waals surface area (Å²) >= 11 is 0. The highest BCUT2D eigenvalue weighted by Crippen LogP contribution is 2.28. The van der Waals surface area contributed by atoms with E-state index in [-0.39, 0.29) is 24.0 Å². The van der Waals surface area contributed by atoms with Crippen molar-refractivity contribution in [2.24, 2.45) is 10.4 Å². The Morgan fingerprint density at radius 3 is 2.75 bits per heavy atom. The van der Waals surface area contributed by atoms with Crippen LogP contribution in [0, 0.1) is 12.3 Å². The summed E-state index contributed by atoms with van der Waals surface area (Å²) < 4.78 is 0. The van der Waals surface area contributed by atoms with Crippen LogP contribution in [-0.4, -0.2) is 42.5 Å². The van der Waals surface area contributed by atoms with E-state index in [0.29, 0.717) is 5.41 Å². The lowest BCUT2D eigenvalue weighted by Crippen LogP contribution is -2.41. The van der Waals surface area contributed by atoms with Gasteiger partial charge in [0, 0.05) is 43.3 Å². The smallest absolute Gasteiger partial charge is 0.193 e. The van der Waals surface area contributed by atoms with Crippen LogP contribution in [0.1, 0.15) is 31.5 Å². The second-order valence-corrected chi connectivity index (χ2v) is 7.33. The zero-order chi connectivity index (χ0) is 16.4. The Balaban J connectivity index is 0.00000208. The van der Waals surface area contributed by atoms with Crippen molar-refractivity contribution in [2.75, 3.05) is 26.7 Å². The highest BCUT2D eigenvalue weighted by molar-refractivity contribution is 14.0. The Morgan fingerprint density at radius 1 is 1.33 bits per heavy atom. The molecule has 24 heavy (non-hydrogen) atoms. The van der Waals surface area contributed by atoms with Crippen LogP contribution in [0.15, 0.2) is 29.3 Å². The first kappa shape index (κ1) is 19.1. The van der Waals surface area contributed by atoms with Gasteiger partial charge >= 0.3 is 0 Å². The zero-order valence-electron chi connectivity index (χ0n) is 15.1. The number of aromatic nitrogens is 1. The number of halogens is 1. The summed E-state index contributed by atoms with van der Waals surface area (Å²) in [5, 5.41) is 4.88. The van der Waals surface area contributed by atoms with E-state index in [1.807, 2.05) is 7.05 Å². The van der Waals surface area contributed by atoms with Gasteiger partial charge in [0.25, 0.3) is 0 Å². The number of H-pyrrole nitrogens is 1. The second kappa shape index (κ2) is 7.76. The maximum Gasteiger partial charge on any atom is 0.193 e. The van der Waals surface area contributed by atoms with Gasteiger partial charge in [-0.05, 0) is 36.8 Å². The van der Waals surface area contributed by atoms with Gasteiger partial charge < -0.3 is 15.2 Å². The normalized spacial score (nSPS) is 17.2. The first-order valence-corrected chi connectivity index (χ1v) is 8.52. The first-order valence-electron chi connectivity index (χ1n) is 8.52. The molecule has 0 bridgehead atoms. The number of guanidine groups is 1. The van der Waals surface area contributed by atoms with E-state index in [1.54, 1.807) is 0 Å². The van der Waals surface area contributed by atoms with Gasteiger partial charge in [0.1, 0.15) is 0 Å². The quantitative estimate of drug-likeness (QED) is 0.432. The highest BCUT2D eigenvalue weighted by Gasteiger charge is 2.30. The van der Waals surface area contributed by atoms with E-state index >= 15 is 0 Å². The number of para-hydroxylation sites is 1. The molecule has 0 unspecified atom stereocenters. The van der Waals surface area contributed by atoms with Gasteiger partial charge in [0.2, 0.25) is 0 Å². The number of rotatable bonds is 3. The highest BCUT2D eigenvalue weighted by atomic mass is 127. The molecule has 0 saturated carbocycles. The molecule has 3 rings (SSSR count). The number of hydrogen-bond donors (Lipinski definition) is 2. The van der Waals surface area contributed by atoms with Crippen molar-refractivity contribution in [3.05, 3.63) is 35.5 Å². The Kier molecular flexibility index (Phi) is 6.17. The molecule has 1 aliphatic rings. The molecule has 132 valence electrons. The number of hydrogen-bond acceptors (Lipinski definition) is 1. The van der Waals surface area contributed by atoms with E-state index in [2.05, 4.69) is 65.2 Å². The number of aliphatic imine (C=N–C) groups is 1. The Hall–Kier alpha value is -1.24. The molecule has 2 aromatic rings. The third-order valence-electron chi connectivity index (χ3n) is 4.87. The molecule has 0 spiro atoms. The van der Waals surface area contributed by atoms with Gasteiger partial charge in [-0.3, -0.25) is 4.99 Å². The van der Waals surface area contributed by atoms with Crippen molar-refractivity contribution >= 4 is 40.8 Å². The van der Waals surface area contributed by atoms with E-state index in [0.717, 1.165) is 32.0 Å².